The number of hydrogen-bond donors (Lipinski definition) is 0. The van der Waals surface area contributed by atoms with E-state index < -0.39 is 5.41 Å². The molecule has 2 amide bonds. The Bertz CT molecular complexity index is 924. The molecule has 0 N–H and O–H groups in total. The summed E-state index contributed by atoms with van der Waals surface area (Å²) in [6.07, 6.45) is 3.33. The van der Waals surface area contributed by atoms with Crippen molar-refractivity contribution in [1.82, 2.24) is 9.80 Å². The highest BCUT2D eigenvalue weighted by Gasteiger charge is 2.48. The van der Waals surface area contributed by atoms with Crippen LogP contribution in [0.3, 0.4) is 0 Å². The van der Waals surface area contributed by atoms with Gasteiger partial charge in [0.15, 0.2) is 0 Å². The maximum absolute atomic E-state index is 13.5. The lowest BCUT2D eigenvalue weighted by molar-refractivity contribution is -0.147. The largest absolute Gasteiger partial charge is 0.348 e. The van der Waals surface area contributed by atoms with Crippen LogP contribution in [-0.4, -0.2) is 48.8 Å². The van der Waals surface area contributed by atoms with Crippen LogP contribution in [0.2, 0.25) is 0 Å². The van der Waals surface area contributed by atoms with Crippen molar-refractivity contribution >= 4 is 11.8 Å². The number of carbonyl (C=O) groups is 2. The summed E-state index contributed by atoms with van der Waals surface area (Å²) in [4.78, 5) is 30.2. The summed E-state index contributed by atoms with van der Waals surface area (Å²) in [7, 11) is 3.66. The van der Waals surface area contributed by atoms with Crippen LogP contribution in [0.5, 0.6) is 0 Å². The van der Waals surface area contributed by atoms with Crippen LogP contribution in [0.25, 0.3) is 11.1 Å². The summed E-state index contributed by atoms with van der Waals surface area (Å²) >= 11 is 0. The van der Waals surface area contributed by atoms with Crippen molar-refractivity contribution in [2.75, 3.05) is 27.2 Å². The molecular weight excluding hydrogens is 372 g/mol. The van der Waals surface area contributed by atoms with Crippen LogP contribution in [0.1, 0.15) is 31.7 Å². The van der Waals surface area contributed by atoms with E-state index in [0.717, 1.165) is 31.4 Å². The quantitative estimate of drug-likeness (QED) is 0.748. The number of amides is 2. The summed E-state index contributed by atoms with van der Waals surface area (Å²) in [6.45, 7) is 3.43. The Morgan fingerprint density at radius 3 is 2.40 bits per heavy atom. The molecule has 1 heterocycles. The molecule has 0 radical (unpaired) electrons. The zero-order valence-corrected chi connectivity index (χ0v) is 18.3. The van der Waals surface area contributed by atoms with Gasteiger partial charge in [0.2, 0.25) is 11.8 Å². The first-order valence-electron chi connectivity index (χ1n) is 11.1. The molecule has 1 aliphatic heterocycles. The van der Waals surface area contributed by atoms with Crippen LogP contribution in [0, 0.1) is 17.3 Å². The lowest BCUT2D eigenvalue weighted by Gasteiger charge is -2.43. The van der Waals surface area contributed by atoms with Gasteiger partial charge in [-0.1, -0.05) is 61.5 Å². The zero-order chi connectivity index (χ0) is 21.3. The van der Waals surface area contributed by atoms with E-state index in [1.165, 1.54) is 11.1 Å². The molecule has 3 atom stereocenters. The molecule has 1 aliphatic carbocycles. The fraction of sp³-hybridized carbons (Fsp3) is 0.462. The van der Waals surface area contributed by atoms with Gasteiger partial charge < -0.3 is 9.80 Å². The first-order valence-corrected chi connectivity index (χ1v) is 11.1. The topological polar surface area (TPSA) is 40.6 Å². The predicted molar refractivity (Wildman–Crippen MR) is 120 cm³/mol. The van der Waals surface area contributed by atoms with E-state index in [4.69, 9.17) is 0 Å². The highest BCUT2D eigenvalue weighted by Crippen LogP contribution is 2.43. The van der Waals surface area contributed by atoms with Crippen molar-refractivity contribution in [2.24, 2.45) is 17.3 Å². The third-order valence-corrected chi connectivity index (χ3v) is 6.81. The van der Waals surface area contributed by atoms with E-state index in [1.54, 1.807) is 4.90 Å². The van der Waals surface area contributed by atoms with Gasteiger partial charge in [0, 0.05) is 33.1 Å². The normalized spacial score (nSPS) is 25.6. The molecule has 2 fully saturated rings. The van der Waals surface area contributed by atoms with Crippen molar-refractivity contribution in [3.8, 4) is 11.1 Å². The third kappa shape index (κ3) is 4.00. The zero-order valence-electron chi connectivity index (χ0n) is 18.3. The first-order chi connectivity index (χ1) is 14.4. The van der Waals surface area contributed by atoms with Gasteiger partial charge in [-0.3, -0.25) is 9.59 Å². The van der Waals surface area contributed by atoms with E-state index in [-0.39, 0.29) is 17.7 Å². The number of benzene rings is 2. The van der Waals surface area contributed by atoms with Gasteiger partial charge in [-0.15, -0.1) is 0 Å². The average molecular weight is 405 g/mol. The van der Waals surface area contributed by atoms with E-state index in [2.05, 4.69) is 37.3 Å². The monoisotopic (exact) mass is 404 g/mol. The van der Waals surface area contributed by atoms with Crippen LogP contribution < -0.4 is 0 Å². The number of piperidine rings is 1. The Kier molecular flexibility index (Phi) is 5.68. The first kappa shape index (κ1) is 20.6. The number of hydrogen-bond acceptors (Lipinski definition) is 2. The SMILES string of the molecule is C[C@@H]1C[C@H]1C(=O)N1CCC[C@](Cc2ccccc2-c2ccccc2)(C(=O)N(C)C)C1. The Morgan fingerprint density at radius 1 is 1.07 bits per heavy atom. The second kappa shape index (κ2) is 8.25. The fourth-order valence-electron chi connectivity index (χ4n) is 5.03. The van der Waals surface area contributed by atoms with Gasteiger partial charge in [-0.05, 0) is 48.3 Å². The molecular formula is C26H32N2O2. The highest BCUT2D eigenvalue weighted by molar-refractivity contribution is 5.86. The Hall–Kier alpha value is -2.62. The maximum atomic E-state index is 13.5. The highest BCUT2D eigenvalue weighted by atomic mass is 16.2. The second-order valence-electron chi connectivity index (χ2n) is 9.36. The van der Waals surface area contributed by atoms with Crippen LogP contribution in [-0.2, 0) is 16.0 Å². The minimum absolute atomic E-state index is 0.131. The van der Waals surface area contributed by atoms with E-state index >= 15 is 0 Å². The molecule has 1 saturated heterocycles. The molecule has 0 aromatic heterocycles. The van der Waals surface area contributed by atoms with Gasteiger partial charge >= 0.3 is 0 Å². The summed E-state index contributed by atoms with van der Waals surface area (Å²) in [5.41, 5.74) is 2.94. The lowest BCUT2D eigenvalue weighted by Crippen LogP contribution is -2.54. The van der Waals surface area contributed by atoms with Gasteiger partial charge in [-0.2, -0.15) is 0 Å². The Morgan fingerprint density at radius 2 is 1.73 bits per heavy atom. The third-order valence-electron chi connectivity index (χ3n) is 6.81. The van der Waals surface area contributed by atoms with Crippen LogP contribution >= 0.6 is 0 Å². The molecule has 30 heavy (non-hydrogen) atoms. The smallest absolute Gasteiger partial charge is 0.230 e. The van der Waals surface area contributed by atoms with Crippen molar-refractivity contribution < 1.29 is 9.59 Å². The van der Waals surface area contributed by atoms with Crippen molar-refractivity contribution in [2.45, 2.75) is 32.6 Å². The molecule has 0 spiro atoms. The molecule has 0 bridgehead atoms. The molecule has 2 aliphatic rings. The van der Waals surface area contributed by atoms with Crippen molar-refractivity contribution in [1.29, 1.82) is 0 Å². The van der Waals surface area contributed by atoms with E-state index in [1.807, 2.05) is 43.3 Å². The fourth-order valence-corrected chi connectivity index (χ4v) is 5.03. The van der Waals surface area contributed by atoms with Crippen LogP contribution in [0.15, 0.2) is 54.6 Å². The molecule has 158 valence electrons. The summed E-state index contributed by atoms with van der Waals surface area (Å²) < 4.78 is 0. The number of likely N-dealkylation sites (tertiary alicyclic amines) is 1. The standard InChI is InChI=1S/C26H32N2O2/c1-19-16-23(19)24(29)28-15-9-14-26(18-28,25(30)27(2)3)17-21-12-7-8-13-22(21)20-10-5-4-6-11-20/h4-8,10-13,19,23H,9,14-18H2,1-3H3/t19-,23-,26-/m1/s1. The van der Waals surface area contributed by atoms with E-state index in [0.29, 0.717) is 18.9 Å². The summed E-state index contributed by atoms with van der Waals surface area (Å²) in [5.74, 6) is 1.02. The molecule has 4 nitrogen and oxygen atoms in total. The Balaban J connectivity index is 1.67. The van der Waals surface area contributed by atoms with Gasteiger partial charge in [0.25, 0.3) is 0 Å². The molecule has 0 unspecified atom stereocenters. The van der Waals surface area contributed by atoms with Crippen molar-refractivity contribution in [3.63, 3.8) is 0 Å². The van der Waals surface area contributed by atoms with E-state index in [9.17, 15) is 9.59 Å². The second-order valence-corrected chi connectivity index (χ2v) is 9.36. The van der Waals surface area contributed by atoms with Gasteiger partial charge in [0.05, 0.1) is 5.41 Å². The van der Waals surface area contributed by atoms with Crippen LogP contribution in [0.4, 0.5) is 0 Å². The van der Waals surface area contributed by atoms with Gasteiger partial charge in [0.1, 0.15) is 0 Å². The summed E-state index contributed by atoms with van der Waals surface area (Å²) in [6, 6.07) is 18.7. The van der Waals surface area contributed by atoms with Gasteiger partial charge in [-0.25, -0.2) is 0 Å². The molecule has 2 aromatic carbocycles. The lowest BCUT2D eigenvalue weighted by atomic mass is 9.72. The average Bonchev–Trinajstić information content (AvgIpc) is 3.50. The number of nitrogens with zero attached hydrogens (tertiary/aromatic N) is 2. The predicted octanol–water partition coefficient (Wildman–Crippen LogP) is 4.25. The molecule has 2 aromatic rings. The molecule has 1 saturated carbocycles. The number of rotatable bonds is 5. The molecule has 4 rings (SSSR count). The minimum Gasteiger partial charge on any atom is -0.348 e. The number of carbonyl (C=O) groups excluding carboxylic acids is 2. The minimum atomic E-state index is -0.569. The maximum Gasteiger partial charge on any atom is 0.230 e. The summed E-state index contributed by atoms with van der Waals surface area (Å²) in [5, 5.41) is 0. The van der Waals surface area contributed by atoms with Crippen molar-refractivity contribution in [3.05, 3.63) is 60.2 Å². The molecule has 4 heteroatoms. The Labute approximate surface area is 179 Å².